The number of rotatable bonds is 2. The summed E-state index contributed by atoms with van der Waals surface area (Å²) >= 11 is 1.82. The van der Waals surface area contributed by atoms with Crippen molar-refractivity contribution in [3.63, 3.8) is 0 Å². The Kier molecular flexibility index (Phi) is 2.41. The molecule has 2 nitrogen and oxygen atoms in total. The van der Waals surface area contributed by atoms with Gasteiger partial charge in [-0.15, -0.1) is 11.3 Å². The second-order valence-electron chi connectivity index (χ2n) is 3.51. The van der Waals surface area contributed by atoms with Gasteiger partial charge in [-0.25, -0.2) is 0 Å². The molecule has 0 spiro atoms. The van der Waals surface area contributed by atoms with Crippen LogP contribution in [0.4, 0.5) is 0 Å². The fourth-order valence-electron chi connectivity index (χ4n) is 2.12. The SMILES string of the molecule is COC1(CN)CCCc2sccc21. The maximum absolute atomic E-state index is 5.80. The Bertz CT molecular complexity index is 291. The third kappa shape index (κ3) is 1.31. The van der Waals surface area contributed by atoms with E-state index in [-0.39, 0.29) is 5.60 Å². The van der Waals surface area contributed by atoms with E-state index in [0.717, 1.165) is 6.42 Å². The monoisotopic (exact) mass is 197 g/mol. The molecule has 0 aromatic carbocycles. The molecule has 1 aromatic heterocycles. The van der Waals surface area contributed by atoms with Gasteiger partial charge < -0.3 is 10.5 Å². The first-order valence-electron chi connectivity index (χ1n) is 4.64. The summed E-state index contributed by atoms with van der Waals surface area (Å²) in [4.78, 5) is 1.46. The van der Waals surface area contributed by atoms with Gasteiger partial charge in [-0.05, 0) is 36.3 Å². The number of fused-ring (bicyclic) bond motifs is 1. The fourth-order valence-corrected chi connectivity index (χ4v) is 3.13. The zero-order chi connectivity index (χ0) is 9.31. The second kappa shape index (κ2) is 3.40. The minimum Gasteiger partial charge on any atom is -0.372 e. The van der Waals surface area contributed by atoms with Gasteiger partial charge in [0.1, 0.15) is 5.60 Å². The summed E-state index contributed by atoms with van der Waals surface area (Å²) < 4.78 is 5.59. The van der Waals surface area contributed by atoms with E-state index in [9.17, 15) is 0 Å². The molecule has 1 atom stereocenters. The van der Waals surface area contributed by atoms with Gasteiger partial charge in [-0.3, -0.25) is 0 Å². The Morgan fingerprint density at radius 2 is 2.54 bits per heavy atom. The first kappa shape index (κ1) is 9.19. The van der Waals surface area contributed by atoms with Crippen LogP contribution in [0.1, 0.15) is 23.3 Å². The van der Waals surface area contributed by atoms with E-state index < -0.39 is 0 Å². The number of aryl methyl sites for hydroxylation is 1. The van der Waals surface area contributed by atoms with Crippen LogP contribution >= 0.6 is 11.3 Å². The molecule has 1 heterocycles. The van der Waals surface area contributed by atoms with E-state index in [1.165, 1.54) is 23.3 Å². The number of ether oxygens (including phenoxy) is 1. The van der Waals surface area contributed by atoms with Crippen LogP contribution in [0.15, 0.2) is 11.4 Å². The average molecular weight is 197 g/mol. The minimum absolute atomic E-state index is 0.187. The predicted molar refractivity (Wildman–Crippen MR) is 55.0 cm³/mol. The van der Waals surface area contributed by atoms with E-state index in [2.05, 4.69) is 11.4 Å². The molecule has 3 heteroatoms. The zero-order valence-electron chi connectivity index (χ0n) is 7.88. The molecule has 0 bridgehead atoms. The fraction of sp³-hybridized carbons (Fsp3) is 0.600. The van der Waals surface area contributed by atoms with Crippen LogP contribution in [0.2, 0.25) is 0 Å². The van der Waals surface area contributed by atoms with Crippen molar-refractivity contribution in [2.45, 2.75) is 24.9 Å². The topological polar surface area (TPSA) is 35.2 Å². The lowest BCUT2D eigenvalue weighted by Crippen LogP contribution is -2.39. The van der Waals surface area contributed by atoms with Crippen molar-refractivity contribution in [3.8, 4) is 0 Å². The molecule has 0 radical (unpaired) electrons. The highest BCUT2D eigenvalue weighted by atomic mass is 32.1. The molecule has 1 unspecified atom stereocenters. The Labute approximate surface area is 82.7 Å². The first-order valence-corrected chi connectivity index (χ1v) is 5.52. The van der Waals surface area contributed by atoms with Crippen LogP contribution in [0.5, 0.6) is 0 Å². The Balaban J connectivity index is 2.43. The van der Waals surface area contributed by atoms with Gasteiger partial charge >= 0.3 is 0 Å². The van der Waals surface area contributed by atoms with Crippen molar-refractivity contribution in [1.29, 1.82) is 0 Å². The number of methoxy groups -OCH3 is 1. The Morgan fingerprint density at radius 3 is 3.23 bits per heavy atom. The highest BCUT2D eigenvalue weighted by Gasteiger charge is 2.35. The molecule has 0 fully saturated rings. The molecule has 13 heavy (non-hydrogen) atoms. The van der Waals surface area contributed by atoms with Crippen molar-refractivity contribution in [3.05, 3.63) is 21.9 Å². The van der Waals surface area contributed by atoms with E-state index in [1.54, 1.807) is 7.11 Å². The van der Waals surface area contributed by atoms with Gasteiger partial charge in [0.2, 0.25) is 0 Å². The molecule has 0 saturated carbocycles. The Morgan fingerprint density at radius 1 is 1.69 bits per heavy atom. The van der Waals surface area contributed by atoms with Gasteiger partial charge in [0, 0.05) is 18.5 Å². The molecule has 0 saturated heterocycles. The lowest BCUT2D eigenvalue weighted by molar-refractivity contribution is -0.0204. The quantitative estimate of drug-likeness (QED) is 0.785. The molecule has 72 valence electrons. The van der Waals surface area contributed by atoms with Crippen molar-refractivity contribution in [2.75, 3.05) is 13.7 Å². The van der Waals surface area contributed by atoms with Crippen LogP contribution in [-0.4, -0.2) is 13.7 Å². The van der Waals surface area contributed by atoms with Crippen molar-refractivity contribution >= 4 is 11.3 Å². The molecule has 0 aliphatic heterocycles. The summed E-state index contributed by atoms with van der Waals surface area (Å²) in [6.45, 7) is 0.591. The van der Waals surface area contributed by atoms with Gasteiger partial charge in [-0.2, -0.15) is 0 Å². The summed E-state index contributed by atoms with van der Waals surface area (Å²) in [5, 5.41) is 2.14. The number of nitrogens with two attached hydrogens (primary N) is 1. The molecule has 1 aromatic rings. The van der Waals surface area contributed by atoms with E-state index in [0.29, 0.717) is 6.54 Å². The summed E-state index contributed by atoms with van der Waals surface area (Å²) in [6.07, 6.45) is 3.44. The van der Waals surface area contributed by atoms with Crippen LogP contribution < -0.4 is 5.73 Å². The van der Waals surface area contributed by atoms with Crippen molar-refractivity contribution < 1.29 is 4.74 Å². The molecule has 2 N–H and O–H groups in total. The average Bonchev–Trinajstić information content (AvgIpc) is 2.65. The van der Waals surface area contributed by atoms with E-state index in [4.69, 9.17) is 10.5 Å². The lowest BCUT2D eigenvalue weighted by atomic mass is 9.83. The molecular weight excluding hydrogens is 182 g/mol. The van der Waals surface area contributed by atoms with Gasteiger partial charge in [0.25, 0.3) is 0 Å². The van der Waals surface area contributed by atoms with Gasteiger partial charge in [0.05, 0.1) is 0 Å². The normalized spacial score (nSPS) is 27.2. The largest absolute Gasteiger partial charge is 0.372 e. The third-order valence-electron chi connectivity index (χ3n) is 2.94. The molecule has 2 rings (SSSR count). The molecule has 1 aliphatic carbocycles. The summed E-state index contributed by atoms with van der Waals surface area (Å²) in [5.41, 5.74) is 6.94. The predicted octanol–water partition coefficient (Wildman–Crippen LogP) is 1.88. The summed E-state index contributed by atoms with van der Waals surface area (Å²) in [5.74, 6) is 0. The molecular formula is C10H15NOS. The standard InChI is InChI=1S/C10H15NOS/c1-12-10(7-11)5-2-3-9-8(10)4-6-13-9/h4,6H,2-3,5,7,11H2,1H3. The maximum Gasteiger partial charge on any atom is 0.106 e. The number of thiophene rings is 1. The van der Waals surface area contributed by atoms with Gasteiger partial charge in [0.15, 0.2) is 0 Å². The summed E-state index contributed by atoms with van der Waals surface area (Å²) in [6, 6.07) is 2.16. The van der Waals surface area contributed by atoms with Crippen molar-refractivity contribution in [2.24, 2.45) is 5.73 Å². The lowest BCUT2D eigenvalue weighted by Gasteiger charge is -2.35. The molecule has 1 aliphatic rings. The van der Waals surface area contributed by atoms with E-state index >= 15 is 0 Å². The first-order chi connectivity index (χ1) is 6.32. The van der Waals surface area contributed by atoms with Crippen LogP contribution in [0.25, 0.3) is 0 Å². The highest BCUT2D eigenvalue weighted by Crippen LogP contribution is 2.39. The molecule has 0 amide bonds. The highest BCUT2D eigenvalue weighted by molar-refractivity contribution is 7.10. The maximum atomic E-state index is 5.80. The van der Waals surface area contributed by atoms with Crippen LogP contribution in [0, 0.1) is 0 Å². The Hall–Kier alpha value is -0.380. The second-order valence-corrected chi connectivity index (χ2v) is 4.51. The van der Waals surface area contributed by atoms with Gasteiger partial charge in [-0.1, -0.05) is 0 Å². The number of hydrogen-bond acceptors (Lipinski definition) is 3. The smallest absolute Gasteiger partial charge is 0.106 e. The number of hydrogen-bond donors (Lipinski definition) is 1. The zero-order valence-corrected chi connectivity index (χ0v) is 8.69. The summed E-state index contributed by atoms with van der Waals surface area (Å²) in [7, 11) is 1.76. The van der Waals surface area contributed by atoms with Crippen molar-refractivity contribution in [1.82, 2.24) is 0 Å². The third-order valence-corrected chi connectivity index (χ3v) is 3.92. The van der Waals surface area contributed by atoms with E-state index in [1.807, 2.05) is 11.3 Å². The minimum atomic E-state index is -0.187. The van der Waals surface area contributed by atoms with Crippen LogP contribution in [0.3, 0.4) is 0 Å². The van der Waals surface area contributed by atoms with Crippen LogP contribution in [-0.2, 0) is 16.8 Å².